The second kappa shape index (κ2) is 10.1. The first-order chi connectivity index (χ1) is 22.5. The molecule has 7 atom stereocenters. The molecule has 3 saturated heterocycles. The van der Waals surface area contributed by atoms with Gasteiger partial charge in [-0.2, -0.15) is 8.42 Å². The van der Waals surface area contributed by atoms with E-state index in [2.05, 4.69) is 12.1 Å². The van der Waals surface area contributed by atoms with Crippen LogP contribution in [0.15, 0.2) is 89.8 Å². The van der Waals surface area contributed by atoms with Crippen LogP contribution < -0.4 is 4.74 Å². The van der Waals surface area contributed by atoms with Crippen LogP contribution in [0.2, 0.25) is 0 Å². The molecule has 0 aromatic heterocycles. The van der Waals surface area contributed by atoms with E-state index in [0.29, 0.717) is 6.42 Å². The topological polar surface area (TPSA) is 153 Å². The van der Waals surface area contributed by atoms with E-state index in [1.807, 2.05) is 36.4 Å². The lowest BCUT2D eigenvalue weighted by molar-refractivity contribution is -0.162. The third kappa shape index (κ3) is 4.23. The average Bonchev–Trinajstić information content (AvgIpc) is 3.67. The number of hydrogen-bond acceptors (Lipinski definition) is 11. The van der Waals surface area contributed by atoms with Gasteiger partial charge in [-0.15, -0.1) is 11.8 Å². The minimum Gasteiger partial charge on any atom is -0.744 e. The van der Waals surface area contributed by atoms with Gasteiger partial charge in [0.1, 0.15) is 33.3 Å². The maximum atomic E-state index is 14.1. The van der Waals surface area contributed by atoms with Crippen molar-refractivity contribution >= 4 is 54.7 Å². The van der Waals surface area contributed by atoms with Crippen LogP contribution in [0.5, 0.6) is 5.75 Å². The Morgan fingerprint density at radius 3 is 2.09 bits per heavy atom. The molecule has 0 N–H and O–H groups in total. The zero-order valence-corrected chi connectivity index (χ0v) is 26.7. The predicted molar refractivity (Wildman–Crippen MR) is 168 cm³/mol. The van der Waals surface area contributed by atoms with E-state index in [4.69, 9.17) is 13.7 Å². The fourth-order valence-electron chi connectivity index (χ4n) is 8.55. The Morgan fingerprint density at radius 1 is 0.809 bits per heavy atom. The molecule has 13 heteroatoms. The Hall–Kier alpha value is -3.75. The van der Waals surface area contributed by atoms with Gasteiger partial charge >= 0.3 is 11.9 Å². The number of rotatable bonds is 5. The number of hydrogen-bond donors (Lipinski definition) is 0. The molecular weight excluding hydrogens is 665 g/mol. The highest BCUT2D eigenvalue weighted by atomic mass is 32.2. The van der Waals surface area contributed by atoms with Gasteiger partial charge in [-0.25, -0.2) is 8.42 Å². The van der Waals surface area contributed by atoms with Crippen molar-refractivity contribution in [2.45, 2.75) is 51.1 Å². The molecule has 0 radical (unpaired) electrons. The largest absolute Gasteiger partial charge is 0.744 e. The van der Waals surface area contributed by atoms with E-state index < -0.39 is 76.9 Å². The summed E-state index contributed by atoms with van der Waals surface area (Å²) in [5, 5.41) is -2.29. The molecule has 6 aliphatic rings. The summed E-state index contributed by atoms with van der Waals surface area (Å²) in [5.74, 6) is -3.27. The molecule has 7 unspecified atom stereocenters. The number of thioether (sulfide) groups is 1. The third-order valence-electron chi connectivity index (χ3n) is 10.4. The summed E-state index contributed by atoms with van der Waals surface area (Å²) in [7, 11) is -9.02. The summed E-state index contributed by atoms with van der Waals surface area (Å²) in [6.07, 6.45) is -1.37. The lowest BCUT2D eigenvalue weighted by Crippen LogP contribution is -2.51. The van der Waals surface area contributed by atoms with Crippen molar-refractivity contribution in [2.24, 2.45) is 11.8 Å². The fourth-order valence-corrected chi connectivity index (χ4v) is 13.7. The monoisotopic (exact) mass is 689 g/mol. The van der Waals surface area contributed by atoms with Crippen molar-refractivity contribution in [1.82, 2.24) is 0 Å². The minimum absolute atomic E-state index is 0.0207. The van der Waals surface area contributed by atoms with E-state index >= 15 is 0 Å². The lowest BCUT2D eigenvalue weighted by Gasteiger charge is -2.44. The van der Waals surface area contributed by atoms with Gasteiger partial charge in [-0.3, -0.25) is 13.8 Å². The fraction of sp³-hybridized carbons (Fsp3) is 0.294. The smallest absolute Gasteiger partial charge is 0.317 e. The number of carbonyl (C=O) groups is 2. The zero-order chi connectivity index (χ0) is 32.4. The van der Waals surface area contributed by atoms with Gasteiger partial charge in [0, 0.05) is 22.6 Å². The number of benzene rings is 4. The molecular formula is C34H25O10S3-. The molecule has 0 spiro atoms. The van der Waals surface area contributed by atoms with Crippen molar-refractivity contribution in [3.05, 3.63) is 107 Å². The normalized spacial score (nSPS) is 32.1. The molecule has 10 rings (SSSR count). The first-order valence-corrected chi connectivity index (χ1v) is 19.0. The molecule has 0 saturated carbocycles. The Kier molecular flexibility index (Phi) is 6.33. The number of esters is 2. The minimum atomic E-state index is -4.82. The molecule has 3 fully saturated rings. The van der Waals surface area contributed by atoms with Gasteiger partial charge in [0.25, 0.3) is 10.1 Å². The van der Waals surface area contributed by atoms with E-state index in [9.17, 15) is 31.0 Å². The first kappa shape index (κ1) is 29.4. The second-order valence-corrected chi connectivity index (χ2v) is 17.1. The molecule has 0 amide bonds. The van der Waals surface area contributed by atoms with Crippen molar-refractivity contribution in [3.8, 4) is 5.75 Å². The molecule has 3 aliphatic heterocycles. The van der Waals surface area contributed by atoms with Crippen molar-refractivity contribution in [1.29, 1.82) is 0 Å². The summed E-state index contributed by atoms with van der Waals surface area (Å²) in [5.41, 5.74) is 4.55. The van der Waals surface area contributed by atoms with Crippen LogP contribution in [-0.4, -0.2) is 61.3 Å². The van der Waals surface area contributed by atoms with Crippen LogP contribution in [0.1, 0.15) is 40.5 Å². The van der Waals surface area contributed by atoms with Gasteiger partial charge in [0.2, 0.25) is 0 Å². The molecule has 10 nitrogen and oxygen atoms in total. The maximum absolute atomic E-state index is 14.1. The van der Waals surface area contributed by atoms with Crippen LogP contribution in [0.3, 0.4) is 0 Å². The molecule has 3 aliphatic carbocycles. The Morgan fingerprint density at radius 2 is 1.43 bits per heavy atom. The van der Waals surface area contributed by atoms with Gasteiger partial charge in [0.15, 0.2) is 0 Å². The van der Waals surface area contributed by atoms with Crippen LogP contribution >= 0.6 is 11.8 Å². The molecule has 240 valence electrons. The van der Waals surface area contributed by atoms with Crippen LogP contribution in [-0.2, 0) is 38.7 Å². The molecule has 4 bridgehead atoms. The van der Waals surface area contributed by atoms with Crippen LogP contribution in [0.25, 0.3) is 10.8 Å². The summed E-state index contributed by atoms with van der Waals surface area (Å²) >= 11 is 1.26. The first-order valence-electron chi connectivity index (χ1n) is 15.2. The summed E-state index contributed by atoms with van der Waals surface area (Å²) in [6, 6.07) is 24.5. The standard InChI is InChI=1S/C34H26O10S3/c35-33(23-15-22-16-7-1-5-11-20(16)26(23)21-12-6-2-8-17(21)22)43-28-29-31-32(47(40,41)44-29)27(30(28)45-31)34(36)42-24-13-14-25(46(37,38)39)19-10-4-3-9-18(19)24/h1-14,22-23,26-32H,15H2,(H,37,38,39)/p-1. The highest BCUT2D eigenvalue weighted by Gasteiger charge is 2.73. The summed E-state index contributed by atoms with van der Waals surface area (Å²) in [6.45, 7) is 0. The lowest BCUT2D eigenvalue weighted by atomic mass is 9.59. The summed E-state index contributed by atoms with van der Waals surface area (Å²) < 4.78 is 79.5. The third-order valence-corrected chi connectivity index (χ3v) is 14.9. The Bertz CT molecular complexity index is 2200. The average molecular weight is 690 g/mol. The van der Waals surface area contributed by atoms with Crippen LogP contribution in [0, 0.1) is 11.8 Å². The van der Waals surface area contributed by atoms with E-state index in [1.165, 1.54) is 41.1 Å². The number of ether oxygens (including phenoxy) is 2. The van der Waals surface area contributed by atoms with Crippen molar-refractivity contribution in [3.63, 3.8) is 0 Å². The van der Waals surface area contributed by atoms with Gasteiger partial charge in [-0.1, -0.05) is 72.8 Å². The Balaban J connectivity index is 1.03. The second-order valence-electron chi connectivity index (χ2n) is 12.6. The van der Waals surface area contributed by atoms with Gasteiger partial charge < -0.3 is 14.0 Å². The van der Waals surface area contributed by atoms with E-state index in [0.717, 1.165) is 17.2 Å². The SMILES string of the molecule is O=C(OC1C2OS(=O)(=O)C3C2SC1C3C(=O)Oc1ccc(S(=O)(=O)[O-])c2ccccc12)C1CC2c3ccccc3C1c1ccccc12. The van der Waals surface area contributed by atoms with Gasteiger partial charge in [0.05, 0.1) is 27.2 Å². The van der Waals surface area contributed by atoms with Gasteiger partial charge in [-0.05, 0) is 40.8 Å². The van der Waals surface area contributed by atoms with Crippen LogP contribution in [0.4, 0.5) is 0 Å². The zero-order valence-electron chi connectivity index (χ0n) is 24.3. The highest BCUT2D eigenvalue weighted by Crippen LogP contribution is 2.60. The summed E-state index contributed by atoms with van der Waals surface area (Å²) in [4.78, 5) is 27.5. The van der Waals surface area contributed by atoms with E-state index in [1.54, 1.807) is 12.1 Å². The van der Waals surface area contributed by atoms with Crippen molar-refractivity contribution in [2.75, 3.05) is 0 Å². The van der Waals surface area contributed by atoms with Crippen molar-refractivity contribution < 1.29 is 44.6 Å². The molecule has 3 heterocycles. The number of fused-ring (bicyclic) bond motifs is 3. The molecule has 4 aromatic rings. The molecule has 47 heavy (non-hydrogen) atoms. The Labute approximate surface area is 274 Å². The molecule has 4 aromatic carbocycles. The maximum Gasteiger partial charge on any atom is 0.317 e. The van der Waals surface area contributed by atoms with E-state index in [-0.39, 0.29) is 28.4 Å². The quantitative estimate of drug-likeness (QED) is 0.129. The highest BCUT2D eigenvalue weighted by molar-refractivity contribution is 8.03. The predicted octanol–water partition coefficient (Wildman–Crippen LogP) is 4.07. The number of carbonyl (C=O) groups excluding carboxylic acids is 2.